The summed E-state index contributed by atoms with van der Waals surface area (Å²) in [7, 11) is -3.42. The first-order chi connectivity index (χ1) is 13.2. The standard InChI is InChI=1S/C20H30N2O5S/c1-20(2,3)27-19(23)22-10-8-18(9-11-22)28(24,25)17-6-4-16(5-7-17)21-12-14-26-15-13-21/h4-7,18H,8-15H2,1-3H3. The van der Waals surface area contributed by atoms with Crippen LogP contribution >= 0.6 is 0 Å². The fraction of sp³-hybridized carbons (Fsp3) is 0.650. The minimum Gasteiger partial charge on any atom is -0.444 e. The summed E-state index contributed by atoms with van der Waals surface area (Å²) in [6.45, 7) is 9.26. The summed E-state index contributed by atoms with van der Waals surface area (Å²) in [6.07, 6.45) is 0.470. The van der Waals surface area contributed by atoms with Crippen LogP contribution in [0.25, 0.3) is 0 Å². The molecule has 1 amide bonds. The van der Waals surface area contributed by atoms with Gasteiger partial charge < -0.3 is 19.3 Å². The van der Waals surface area contributed by atoms with Crippen molar-refractivity contribution in [1.82, 2.24) is 4.90 Å². The highest BCUT2D eigenvalue weighted by Gasteiger charge is 2.34. The lowest BCUT2D eigenvalue weighted by atomic mass is 10.1. The Balaban J connectivity index is 1.61. The van der Waals surface area contributed by atoms with Crippen molar-refractivity contribution in [3.63, 3.8) is 0 Å². The minimum atomic E-state index is -3.42. The Morgan fingerprint density at radius 1 is 1.04 bits per heavy atom. The van der Waals surface area contributed by atoms with E-state index >= 15 is 0 Å². The predicted molar refractivity (Wildman–Crippen MR) is 107 cm³/mol. The van der Waals surface area contributed by atoms with Crippen LogP contribution in [0.2, 0.25) is 0 Å². The van der Waals surface area contributed by atoms with Gasteiger partial charge in [-0.15, -0.1) is 0 Å². The van der Waals surface area contributed by atoms with Gasteiger partial charge in [0.25, 0.3) is 0 Å². The molecule has 3 rings (SSSR count). The van der Waals surface area contributed by atoms with E-state index in [1.54, 1.807) is 17.0 Å². The third kappa shape index (κ3) is 4.97. The smallest absolute Gasteiger partial charge is 0.410 e. The molecule has 0 aromatic heterocycles. The van der Waals surface area contributed by atoms with E-state index in [0.717, 1.165) is 18.8 Å². The number of amides is 1. The number of sulfone groups is 1. The number of hydrogen-bond donors (Lipinski definition) is 0. The largest absolute Gasteiger partial charge is 0.444 e. The lowest BCUT2D eigenvalue weighted by Crippen LogP contribution is -2.44. The van der Waals surface area contributed by atoms with Gasteiger partial charge in [0.2, 0.25) is 0 Å². The molecular weight excluding hydrogens is 380 g/mol. The summed E-state index contributed by atoms with van der Waals surface area (Å²) < 4.78 is 36.8. The fourth-order valence-corrected chi connectivity index (χ4v) is 5.27. The number of morpholine rings is 1. The van der Waals surface area contributed by atoms with Crippen molar-refractivity contribution in [2.24, 2.45) is 0 Å². The van der Waals surface area contributed by atoms with E-state index in [9.17, 15) is 13.2 Å². The average molecular weight is 411 g/mol. The maximum atomic E-state index is 13.0. The molecule has 2 heterocycles. The third-order valence-electron chi connectivity index (χ3n) is 5.07. The normalized spacial score (nSPS) is 19.5. The molecule has 2 aliphatic heterocycles. The van der Waals surface area contributed by atoms with Gasteiger partial charge in [-0.25, -0.2) is 13.2 Å². The number of likely N-dealkylation sites (tertiary alicyclic amines) is 1. The van der Waals surface area contributed by atoms with E-state index in [-0.39, 0.29) is 6.09 Å². The van der Waals surface area contributed by atoms with Crippen molar-refractivity contribution in [3.8, 4) is 0 Å². The molecule has 28 heavy (non-hydrogen) atoms. The van der Waals surface area contributed by atoms with Crippen LogP contribution in [0.3, 0.4) is 0 Å². The van der Waals surface area contributed by atoms with E-state index in [2.05, 4.69) is 4.90 Å². The van der Waals surface area contributed by atoms with E-state index in [4.69, 9.17) is 9.47 Å². The first-order valence-corrected chi connectivity index (χ1v) is 11.4. The molecule has 0 bridgehead atoms. The molecule has 7 nitrogen and oxygen atoms in total. The molecule has 2 saturated heterocycles. The summed E-state index contributed by atoms with van der Waals surface area (Å²) in [6, 6.07) is 7.13. The van der Waals surface area contributed by atoms with Crippen LogP contribution in [0.1, 0.15) is 33.6 Å². The second kappa shape index (κ2) is 8.29. The molecule has 156 valence electrons. The Kier molecular flexibility index (Phi) is 6.19. The van der Waals surface area contributed by atoms with Gasteiger partial charge in [0.05, 0.1) is 23.4 Å². The zero-order valence-electron chi connectivity index (χ0n) is 16.9. The number of nitrogens with zero attached hydrogens (tertiary/aromatic N) is 2. The van der Waals surface area contributed by atoms with Crippen molar-refractivity contribution >= 4 is 21.6 Å². The summed E-state index contributed by atoms with van der Waals surface area (Å²) >= 11 is 0. The summed E-state index contributed by atoms with van der Waals surface area (Å²) in [4.78, 5) is 16.3. The van der Waals surface area contributed by atoms with E-state index in [1.807, 2.05) is 32.9 Å². The first-order valence-electron chi connectivity index (χ1n) is 9.81. The molecule has 0 saturated carbocycles. The Bertz CT molecular complexity index is 772. The summed E-state index contributed by atoms with van der Waals surface area (Å²) in [5.74, 6) is 0. The van der Waals surface area contributed by atoms with Crippen LogP contribution in [0.15, 0.2) is 29.2 Å². The van der Waals surface area contributed by atoms with Crippen molar-refractivity contribution in [2.75, 3.05) is 44.3 Å². The maximum absolute atomic E-state index is 13.0. The molecule has 2 fully saturated rings. The van der Waals surface area contributed by atoms with Crippen LogP contribution in [0, 0.1) is 0 Å². The Morgan fingerprint density at radius 3 is 2.14 bits per heavy atom. The van der Waals surface area contributed by atoms with Gasteiger partial charge in [-0.1, -0.05) is 0 Å². The number of ether oxygens (including phenoxy) is 2. The molecule has 1 aromatic rings. The van der Waals surface area contributed by atoms with Gasteiger partial charge in [-0.3, -0.25) is 0 Å². The molecule has 0 aliphatic carbocycles. The van der Waals surface area contributed by atoms with E-state index in [1.165, 1.54) is 0 Å². The zero-order chi connectivity index (χ0) is 20.4. The quantitative estimate of drug-likeness (QED) is 0.763. The molecule has 1 aromatic carbocycles. The molecule has 2 aliphatic rings. The highest BCUT2D eigenvalue weighted by Crippen LogP contribution is 2.27. The SMILES string of the molecule is CC(C)(C)OC(=O)N1CCC(S(=O)(=O)c2ccc(N3CCOCC3)cc2)CC1. The lowest BCUT2D eigenvalue weighted by Gasteiger charge is -2.33. The molecule has 0 N–H and O–H groups in total. The van der Waals surface area contributed by atoms with Crippen molar-refractivity contribution in [1.29, 1.82) is 0 Å². The van der Waals surface area contributed by atoms with Gasteiger partial charge in [0.15, 0.2) is 9.84 Å². The average Bonchev–Trinajstić information content (AvgIpc) is 2.67. The van der Waals surface area contributed by atoms with Crippen LogP contribution in [0.4, 0.5) is 10.5 Å². The number of anilines is 1. The Hall–Kier alpha value is -1.80. The number of hydrogen-bond acceptors (Lipinski definition) is 6. The van der Waals surface area contributed by atoms with Gasteiger partial charge in [0, 0.05) is 31.9 Å². The first kappa shape index (κ1) is 20.9. The monoisotopic (exact) mass is 410 g/mol. The topological polar surface area (TPSA) is 76.2 Å². The number of carbonyl (C=O) groups excluding carboxylic acids is 1. The predicted octanol–water partition coefficient (Wildman–Crippen LogP) is 2.70. The van der Waals surface area contributed by atoms with Crippen LogP contribution in [0.5, 0.6) is 0 Å². The molecule has 0 atom stereocenters. The van der Waals surface area contributed by atoms with Crippen LogP contribution in [-0.4, -0.2) is 69.7 Å². The lowest BCUT2D eigenvalue weighted by molar-refractivity contribution is 0.0217. The number of carbonyl (C=O) groups is 1. The number of piperidine rings is 1. The van der Waals surface area contributed by atoms with Gasteiger partial charge in [0.1, 0.15) is 5.60 Å². The zero-order valence-corrected chi connectivity index (χ0v) is 17.7. The highest BCUT2D eigenvalue weighted by molar-refractivity contribution is 7.92. The maximum Gasteiger partial charge on any atom is 0.410 e. The molecular formula is C20H30N2O5S. The summed E-state index contributed by atoms with van der Waals surface area (Å²) in [5.41, 5.74) is 0.462. The minimum absolute atomic E-state index is 0.347. The Morgan fingerprint density at radius 2 is 1.61 bits per heavy atom. The highest BCUT2D eigenvalue weighted by atomic mass is 32.2. The van der Waals surface area contributed by atoms with Gasteiger partial charge in [-0.05, 0) is 57.9 Å². The van der Waals surface area contributed by atoms with Gasteiger partial charge >= 0.3 is 6.09 Å². The van der Waals surface area contributed by atoms with Crippen molar-refractivity contribution in [2.45, 2.75) is 49.4 Å². The summed E-state index contributed by atoms with van der Waals surface area (Å²) in [5, 5.41) is -0.472. The van der Waals surface area contributed by atoms with E-state index in [0.29, 0.717) is 44.0 Å². The Labute approximate surface area is 167 Å². The molecule has 0 spiro atoms. The molecule has 0 unspecified atom stereocenters. The van der Waals surface area contributed by atoms with Crippen LogP contribution < -0.4 is 4.90 Å². The number of benzene rings is 1. The van der Waals surface area contributed by atoms with Crippen LogP contribution in [-0.2, 0) is 19.3 Å². The second-order valence-corrected chi connectivity index (χ2v) is 10.5. The number of rotatable bonds is 3. The molecule has 8 heteroatoms. The fourth-order valence-electron chi connectivity index (χ4n) is 3.54. The van der Waals surface area contributed by atoms with Gasteiger partial charge in [-0.2, -0.15) is 0 Å². The second-order valence-electron chi connectivity index (χ2n) is 8.31. The van der Waals surface area contributed by atoms with E-state index < -0.39 is 20.7 Å². The third-order valence-corrected chi connectivity index (χ3v) is 7.35. The van der Waals surface area contributed by atoms with Crippen molar-refractivity contribution in [3.05, 3.63) is 24.3 Å². The molecule has 0 radical (unpaired) electrons. The van der Waals surface area contributed by atoms with Crippen molar-refractivity contribution < 1.29 is 22.7 Å².